The molecule has 0 aromatic carbocycles. The van der Waals surface area contributed by atoms with Crippen molar-refractivity contribution in [2.45, 2.75) is 25.1 Å². The number of rotatable bonds is 5. The number of nitrogens with zero attached hydrogens (tertiary/aromatic N) is 3. The van der Waals surface area contributed by atoms with Gasteiger partial charge in [0, 0.05) is 33.0 Å². The molecule has 21 heavy (non-hydrogen) atoms. The number of carbonyl (C=O) groups is 1. The molecule has 1 unspecified atom stereocenters. The van der Waals surface area contributed by atoms with E-state index in [0.29, 0.717) is 5.57 Å². The first-order valence-corrected chi connectivity index (χ1v) is 6.14. The summed E-state index contributed by atoms with van der Waals surface area (Å²) in [4.78, 5) is 16.6. The summed E-state index contributed by atoms with van der Waals surface area (Å²) in [5, 5.41) is 10.1. The van der Waals surface area contributed by atoms with Crippen LogP contribution in [0.15, 0.2) is 24.5 Å². The van der Waals surface area contributed by atoms with Crippen LogP contribution in [-0.2, 0) is 17.4 Å². The highest BCUT2D eigenvalue weighted by molar-refractivity contribution is 5.77. The monoisotopic (exact) mass is 305 g/mol. The molecule has 1 rings (SSSR count). The standard InChI is InChI=1S/C13H18F3N3O2/c1-9(2)8-19(4)10(20)7-12(21,13(14,15)16)11-17-5-6-18(11)3/h5-6,21H,1,7-8H2,2-4H3. The lowest BCUT2D eigenvalue weighted by molar-refractivity contribution is -0.271. The lowest BCUT2D eigenvalue weighted by Crippen LogP contribution is -2.48. The van der Waals surface area contributed by atoms with Crippen LogP contribution in [-0.4, -0.2) is 45.2 Å². The summed E-state index contributed by atoms with van der Waals surface area (Å²) < 4.78 is 40.8. The first kappa shape index (κ1) is 17.2. The molecule has 0 saturated carbocycles. The molecule has 0 saturated heterocycles. The van der Waals surface area contributed by atoms with Gasteiger partial charge in [-0.05, 0) is 6.92 Å². The Hall–Kier alpha value is -1.83. The van der Waals surface area contributed by atoms with Crippen molar-refractivity contribution in [3.05, 3.63) is 30.4 Å². The Labute approximate surface area is 120 Å². The summed E-state index contributed by atoms with van der Waals surface area (Å²) in [6, 6.07) is 0. The number of aryl methyl sites for hydroxylation is 1. The maximum absolute atomic E-state index is 13.2. The van der Waals surface area contributed by atoms with Gasteiger partial charge in [0.15, 0.2) is 5.82 Å². The van der Waals surface area contributed by atoms with Gasteiger partial charge in [-0.2, -0.15) is 13.2 Å². The minimum absolute atomic E-state index is 0.118. The summed E-state index contributed by atoms with van der Waals surface area (Å²) in [6.07, 6.45) is -3.75. The summed E-state index contributed by atoms with van der Waals surface area (Å²) in [5.74, 6) is -1.46. The summed E-state index contributed by atoms with van der Waals surface area (Å²) in [7, 11) is 2.67. The van der Waals surface area contributed by atoms with Gasteiger partial charge in [0.05, 0.1) is 6.42 Å². The SMILES string of the molecule is C=C(C)CN(C)C(=O)CC(O)(c1nccn1C)C(F)(F)F. The molecule has 0 spiro atoms. The van der Waals surface area contributed by atoms with E-state index in [1.54, 1.807) is 6.92 Å². The molecule has 8 heteroatoms. The molecule has 1 N–H and O–H groups in total. The highest BCUT2D eigenvalue weighted by Gasteiger charge is 2.58. The van der Waals surface area contributed by atoms with Gasteiger partial charge < -0.3 is 14.6 Å². The topological polar surface area (TPSA) is 58.4 Å². The number of aromatic nitrogens is 2. The van der Waals surface area contributed by atoms with Crippen LogP contribution in [0.25, 0.3) is 0 Å². The van der Waals surface area contributed by atoms with E-state index in [1.165, 1.54) is 20.3 Å². The van der Waals surface area contributed by atoms with Gasteiger partial charge in [0.2, 0.25) is 11.5 Å². The van der Waals surface area contributed by atoms with Gasteiger partial charge >= 0.3 is 6.18 Å². The van der Waals surface area contributed by atoms with Gasteiger partial charge in [-0.15, -0.1) is 0 Å². The van der Waals surface area contributed by atoms with Crippen LogP contribution in [0.2, 0.25) is 0 Å². The number of hydrogen-bond donors (Lipinski definition) is 1. The average Bonchev–Trinajstić information content (AvgIpc) is 2.73. The zero-order valence-electron chi connectivity index (χ0n) is 12.1. The highest BCUT2D eigenvalue weighted by Crippen LogP contribution is 2.41. The number of alkyl halides is 3. The van der Waals surface area contributed by atoms with Crippen molar-refractivity contribution in [2.24, 2.45) is 7.05 Å². The Morgan fingerprint density at radius 3 is 2.48 bits per heavy atom. The van der Waals surface area contributed by atoms with Gasteiger partial charge in [0.1, 0.15) is 0 Å². The third-order valence-electron chi connectivity index (χ3n) is 3.00. The predicted octanol–water partition coefficient (Wildman–Crippen LogP) is 1.59. The fraction of sp³-hybridized carbons (Fsp3) is 0.538. The maximum atomic E-state index is 13.2. The van der Waals surface area contributed by atoms with Gasteiger partial charge in [0.25, 0.3) is 0 Å². The third kappa shape index (κ3) is 3.63. The Morgan fingerprint density at radius 2 is 2.10 bits per heavy atom. The van der Waals surface area contributed by atoms with Gasteiger partial charge in [-0.3, -0.25) is 4.79 Å². The summed E-state index contributed by atoms with van der Waals surface area (Å²) in [6.45, 7) is 5.36. The Balaban J connectivity index is 3.09. The van der Waals surface area contributed by atoms with Crippen molar-refractivity contribution in [3.8, 4) is 0 Å². The molecule has 1 heterocycles. The Kier molecular flexibility index (Phi) is 4.83. The van der Waals surface area contributed by atoms with Crippen molar-refractivity contribution in [1.82, 2.24) is 14.5 Å². The molecule has 0 aliphatic rings. The van der Waals surface area contributed by atoms with E-state index in [4.69, 9.17) is 0 Å². The van der Waals surface area contributed by atoms with E-state index in [1.807, 2.05) is 0 Å². The number of hydrogen-bond acceptors (Lipinski definition) is 3. The van der Waals surface area contributed by atoms with E-state index < -0.39 is 29.9 Å². The van der Waals surface area contributed by atoms with Crippen LogP contribution in [0, 0.1) is 0 Å². The molecule has 0 radical (unpaired) electrons. The fourth-order valence-electron chi connectivity index (χ4n) is 1.92. The molecule has 0 aliphatic heterocycles. The molecule has 5 nitrogen and oxygen atoms in total. The van der Waals surface area contributed by atoms with Crippen LogP contribution >= 0.6 is 0 Å². The van der Waals surface area contributed by atoms with Crippen molar-refractivity contribution in [2.75, 3.05) is 13.6 Å². The van der Waals surface area contributed by atoms with Crippen molar-refractivity contribution < 1.29 is 23.1 Å². The normalized spacial score (nSPS) is 14.6. The quantitative estimate of drug-likeness (QED) is 0.841. The second kappa shape index (κ2) is 5.88. The number of carbonyl (C=O) groups excluding carboxylic acids is 1. The summed E-state index contributed by atoms with van der Waals surface area (Å²) >= 11 is 0. The van der Waals surface area contributed by atoms with Crippen LogP contribution < -0.4 is 0 Å². The lowest BCUT2D eigenvalue weighted by Gasteiger charge is -2.31. The van der Waals surface area contributed by atoms with Crippen LogP contribution in [0.5, 0.6) is 0 Å². The molecule has 0 aliphatic carbocycles. The maximum Gasteiger partial charge on any atom is 0.425 e. The predicted molar refractivity (Wildman–Crippen MR) is 70.2 cm³/mol. The van der Waals surface area contributed by atoms with E-state index in [-0.39, 0.29) is 6.54 Å². The molecule has 1 aromatic rings. The molecule has 1 atom stereocenters. The molecule has 0 bridgehead atoms. The number of likely N-dealkylation sites (N-methyl/N-ethyl adjacent to an activating group) is 1. The minimum atomic E-state index is -5.02. The van der Waals surface area contributed by atoms with Crippen molar-refractivity contribution in [3.63, 3.8) is 0 Å². The zero-order chi connectivity index (χ0) is 16.4. The van der Waals surface area contributed by atoms with Crippen molar-refractivity contribution >= 4 is 5.91 Å². The Bertz CT molecular complexity index is 539. The molecular formula is C13H18F3N3O2. The highest BCUT2D eigenvalue weighted by atomic mass is 19.4. The first-order chi connectivity index (χ1) is 9.49. The molecule has 118 valence electrons. The zero-order valence-corrected chi connectivity index (χ0v) is 12.1. The van der Waals surface area contributed by atoms with Crippen LogP contribution in [0.1, 0.15) is 19.2 Å². The van der Waals surface area contributed by atoms with Crippen molar-refractivity contribution in [1.29, 1.82) is 0 Å². The van der Waals surface area contributed by atoms with E-state index >= 15 is 0 Å². The molecular weight excluding hydrogens is 287 g/mol. The first-order valence-electron chi connectivity index (χ1n) is 6.14. The van der Waals surface area contributed by atoms with E-state index in [9.17, 15) is 23.1 Å². The number of halogens is 3. The lowest BCUT2D eigenvalue weighted by atomic mass is 9.96. The number of amides is 1. The average molecular weight is 305 g/mol. The van der Waals surface area contributed by atoms with Gasteiger partial charge in [-0.25, -0.2) is 4.98 Å². The van der Waals surface area contributed by atoms with Crippen LogP contribution in [0.4, 0.5) is 13.2 Å². The Morgan fingerprint density at radius 1 is 1.52 bits per heavy atom. The summed E-state index contributed by atoms with van der Waals surface area (Å²) in [5.41, 5.74) is -2.70. The second-order valence-electron chi connectivity index (χ2n) is 5.10. The smallest absolute Gasteiger partial charge is 0.374 e. The molecule has 0 fully saturated rings. The molecule has 1 aromatic heterocycles. The van der Waals surface area contributed by atoms with E-state index in [0.717, 1.165) is 15.7 Å². The molecule has 1 amide bonds. The van der Waals surface area contributed by atoms with Crippen LogP contribution in [0.3, 0.4) is 0 Å². The minimum Gasteiger partial charge on any atom is -0.374 e. The third-order valence-corrected chi connectivity index (χ3v) is 3.00. The largest absolute Gasteiger partial charge is 0.425 e. The number of aliphatic hydroxyl groups is 1. The second-order valence-corrected chi connectivity index (χ2v) is 5.10. The van der Waals surface area contributed by atoms with Gasteiger partial charge in [-0.1, -0.05) is 12.2 Å². The van der Waals surface area contributed by atoms with E-state index in [2.05, 4.69) is 11.6 Å². The fourth-order valence-corrected chi connectivity index (χ4v) is 1.92. The number of imidazole rings is 1.